The summed E-state index contributed by atoms with van der Waals surface area (Å²) in [5.74, 6) is 0. The van der Waals surface area contributed by atoms with Gasteiger partial charge in [0.15, 0.2) is 0 Å². The van der Waals surface area contributed by atoms with Gasteiger partial charge >= 0.3 is 0 Å². The Labute approximate surface area is 311 Å². The Hall–Kier alpha value is -5.37. The van der Waals surface area contributed by atoms with Crippen molar-refractivity contribution in [1.29, 1.82) is 0 Å². The summed E-state index contributed by atoms with van der Waals surface area (Å²) in [6.07, 6.45) is 0. The van der Waals surface area contributed by atoms with Crippen LogP contribution in [0.25, 0.3) is 0 Å². The first-order valence-electron chi connectivity index (χ1n) is 18.3. The van der Waals surface area contributed by atoms with Crippen LogP contribution in [0.2, 0.25) is 0 Å². The molecule has 8 aromatic rings. The lowest BCUT2D eigenvalue weighted by Gasteiger charge is -2.79. The zero-order chi connectivity index (χ0) is 34.9. The van der Waals surface area contributed by atoms with Crippen molar-refractivity contribution >= 4 is 69.9 Å². The number of rotatable bonds is 8. The van der Waals surface area contributed by atoms with E-state index in [-0.39, 0.29) is 0 Å². The number of hydrogen-bond donors (Lipinski definition) is 0. The zero-order valence-electron chi connectivity index (χ0n) is 29.1. The van der Waals surface area contributed by atoms with Crippen molar-refractivity contribution in [3.05, 3.63) is 243 Å². The summed E-state index contributed by atoms with van der Waals surface area (Å²) in [7, 11) is -11.9. The second kappa shape index (κ2) is 13.3. The van der Waals surface area contributed by atoms with E-state index in [0.29, 0.717) is 0 Å². The SMILES string of the molecule is c1ccc([Si]2(c3ccccc3)[Si](c3ccccc3)(c3ccccc3)[Si](c3ccccc3)(c3ccccc3)[Si]2(c2ccccc2)c2ccccc2)cc1. The molecule has 1 fully saturated rings. The summed E-state index contributed by atoms with van der Waals surface area (Å²) in [4.78, 5) is 0. The topological polar surface area (TPSA) is 0 Å². The number of benzene rings is 8. The van der Waals surface area contributed by atoms with Gasteiger partial charge in [0.25, 0.3) is 0 Å². The summed E-state index contributed by atoms with van der Waals surface area (Å²) in [6, 6.07) is 95.5. The fourth-order valence-corrected chi connectivity index (χ4v) is 132. The van der Waals surface area contributed by atoms with E-state index in [2.05, 4.69) is 243 Å². The summed E-state index contributed by atoms with van der Waals surface area (Å²) in [6.45, 7) is 0. The number of hydrogen-bond acceptors (Lipinski definition) is 0. The Morgan fingerprint density at radius 1 is 0.135 bits per heavy atom. The molecule has 0 aliphatic carbocycles. The van der Waals surface area contributed by atoms with Gasteiger partial charge < -0.3 is 0 Å². The minimum Gasteiger partial charge on any atom is -0.0631 e. The Morgan fingerprint density at radius 2 is 0.231 bits per heavy atom. The van der Waals surface area contributed by atoms with Gasteiger partial charge in [-0.25, -0.2) is 0 Å². The highest BCUT2D eigenvalue weighted by Gasteiger charge is 2.94. The van der Waals surface area contributed by atoms with Crippen molar-refractivity contribution in [2.24, 2.45) is 0 Å². The van der Waals surface area contributed by atoms with Crippen LogP contribution in [0.5, 0.6) is 0 Å². The van der Waals surface area contributed by atoms with Crippen molar-refractivity contribution < 1.29 is 0 Å². The molecule has 0 aromatic heterocycles. The zero-order valence-corrected chi connectivity index (χ0v) is 33.1. The maximum atomic E-state index is 2.54. The fraction of sp³-hybridized carbons (Fsp3) is 0. The molecule has 8 aromatic carbocycles. The standard InChI is InChI=1S/C48H40Si4/c1-9-25-41(26-10-1)49(42-27-11-2-12-28-42)50(43-29-13-3-14-30-43,44-31-15-4-16-32-44)52(47-37-21-7-22-38-47,48-39-23-8-24-40-48)51(49,45-33-17-5-18-34-45)46-35-19-6-20-36-46/h1-40H. The van der Waals surface area contributed by atoms with Gasteiger partial charge in [0.1, 0.15) is 28.4 Å². The van der Waals surface area contributed by atoms with Crippen LogP contribution in [0, 0.1) is 0 Å². The fourth-order valence-electron chi connectivity index (χ4n) is 10.7. The molecule has 0 unspecified atom stereocenters. The van der Waals surface area contributed by atoms with Crippen molar-refractivity contribution in [3.63, 3.8) is 0 Å². The molecular weight excluding hydrogens is 689 g/mol. The first kappa shape index (κ1) is 32.5. The van der Waals surface area contributed by atoms with Gasteiger partial charge in [0, 0.05) is 0 Å². The van der Waals surface area contributed by atoms with E-state index >= 15 is 0 Å². The van der Waals surface area contributed by atoms with Crippen LogP contribution in [0.15, 0.2) is 243 Å². The van der Waals surface area contributed by atoms with Gasteiger partial charge in [-0.3, -0.25) is 0 Å². The Balaban J connectivity index is 1.70. The first-order valence-corrected chi connectivity index (χ1v) is 30.3. The lowest BCUT2D eigenvalue weighted by molar-refractivity contribution is 1.67. The van der Waals surface area contributed by atoms with Gasteiger partial charge in [0.2, 0.25) is 0 Å². The summed E-state index contributed by atoms with van der Waals surface area (Å²) in [5.41, 5.74) is 0. The highest BCUT2D eigenvalue weighted by Crippen LogP contribution is 2.50. The van der Waals surface area contributed by atoms with Gasteiger partial charge in [-0.15, -0.1) is 0 Å². The van der Waals surface area contributed by atoms with E-state index in [9.17, 15) is 0 Å². The monoisotopic (exact) mass is 728 g/mol. The van der Waals surface area contributed by atoms with E-state index in [1.54, 1.807) is 41.5 Å². The molecular formula is C48H40Si4. The third-order valence-electron chi connectivity index (χ3n) is 11.9. The summed E-state index contributed by atoms with van der Waals surface area (Å²) >= 11 is 0. The molecule has 0 saturated carbocycles. The van der Waals surface area contributed by atoms with E-state index in [1.807, 2.05) is 0 Å². The molecule has 1 aliphatic rings. The van der Waals surface area contributed by atoms with E-state index in [1.165, 1.54) is 0 Å². The highest BCUT2D eigenvalue weighted by atomic mass is 30.2. The van der Waals surface area contributed by atoms with Crippen LogP contribution in [0.1, 0.15) is 0 Å². The molecule has 1 aliphatic heterocycles. The molecule has 0 bridgehead atoms. The maximum Gasteiger partial charge on any atom is 0.121 e. The van der Waals surface area contributed by atoms with E-state index in [4.69, 9.17) is 0 Å². The molecule has 0 amide bonds. The molecule has 9 rings (SSSR count). The molecule has 0 spiro atoms. The lowest BCUT2D eigenvalue weighted by atomic mass is 10.4. The van der Waals surface area contributed by atoms with Crippen LogP contribution in [0.4, 0.5) is 0 Å². The second-order valence-electron chi connectivity index (χ2n) is 13.9. The second-order valence-corrected chi connectivity index (χ2v) is 48.5. The van der Waals surface area contributed by atoms with Crippen molar-refractivity contribution in [2.45, 2.75) is 0 Å². The molecule has 1 saturated heterocycles. The predicted molar refractivity (Wildman–Crippen MR) is 232 cm³/mol. The lowest BCUT2D eigenvalue weighted by Crippen LogP contribution is -3.25. The largest absolute Gasteiger partial charge is 0.121 e. The minimum absolute atomic E-state index is 1.56. The molecule has 248 valence electrons. The molecule has 1 heterocycles. The molecule has 0 radical (unpaired) electrons. The third-order valence-corrected chi connectivity index (χ3v) is 89.4. The van der Waals surface area contributed by atoms with Crippen LogP contribution in [-0.4, -0.2) is 28.4 Å². The normalized spacial score (nSPS) is 16.3. The summed E-state index contributed by atoms with van der Waals surface area (Å²) in [5, 5.41) is 12.5. The smallest absolute Gasteiger partial charge is 0.0631 e. The minimum atomic E-state index is -2.98. The van der Waals surface area contributed by atoms with Crippen molar-refractivity contribution in [3.8, 4) is 0 Å². The van der Waals surface area contributed by atoms with Gasteiger partial charge in [-0.1, -0.05) is 284 Å². The van der Waals surface area contributed by atoms with Crippen LogP contribution in [-0.2, 0) is 0 Å². The average Bonchev–Trinajstić information content (AvgIpc) is 3.24. The van der Waals surface area contributed by atoms with E-state index in [0.717, 1.165) is 0 Å². The van der Waals surface area contributed by atoms with Gasteiger partial charge in [-0.2, -0.15) is 0 Å². The van der Waals surface area contributed by atoms with Gasteiger partial charge in [0.05, 0.1) is 0 Å². The van der Waals surface area contributed by atoms with Gasteiger partial charge in [-0.05, 0) is 0 Å². The Bertz CT molecular complexity index is 1850. The van der Waals surface area contributed by atoms with Crippen LogP contribution >= 0.6 is 0 Å². The quantitative estimate of drug-likeness (QED) is 0.185. The molecule has 0 N–H and O–H groups in total. The molecule has 0 nitrogen and oxygen atoms in total. The molecule has 4 heteroatoms. The third kappa shape index (κ3) is 4.18. The summed E-state index contributed by atoms with van der Waals surface area (Å²) < 4.78 is 0. The predicted octanol–water partition coefficient (Wildman–Crippen LogP) is 5.37. The van der Waals surface area contributed by atoms with Crippen molar-refractivity contribution in [1.82, 2.24) is 0 Å². The average molecular weight is 729 g/mol. The molecule has 0 atom stereocenters. The van der Waals surface area contributed by atoms with Crippen molar-refractivity contribution in [2.75, 3.05) is 0 Å². The van der Waals surface area contributed by atoms with Crippen LogP contribution < -0.4 is 41.5 Å². The Kier molecular flexibility index (Phi) is 8.33. The molecule has 52 heavy (non-hydrogen) atoms. The Morgan fingerprint density at radius 3 is 0.327 bits per heavy atom. The van der Waals surface area contributed by atoms with E-state index < -0.39 is 28.4 Å². The first-order chi connectivity index (χ1) is 25.8. The maximum absolute atomic E-state index is 2.98. The van der Waals surface area contributed by atoms with Crippen LogP contribution in [0.3, 0.4) is 0 Å². The highest BCUT2D eigenvalue weighted by molar-refractivity contribution is 8.27.